The summed E-state index contributed by atoms with van der Waals surface area (Å²) in [5.41, 5.74) is 4.59. The monoisotopic (exact) mass is 475 g/mol. The van der Waals surface area contributed by atoms with Gasteiger partial charge in [0.1, 0.15) is 11.3 Å². The summed E-state index contributed by atoms with van der Waals surface area (Å²) < 4.78 is 9.26. The molecule has 1 saturated heterocycles. The van der Waals surface area contributed by atoms with Crippen LogP contribution in [0, 0.1) is 6.92 Å². The molecule has 0 spiro atoms. The maximum absolute atomic E-state index is 5.26. The molecular formula is C25H33N9O. The normalized spacial score (nSPS) is 21.6. The Morgan fingerprint density at radius 1 is 1.09 bits per heavy atom. The van der Waals surface area contributed by atoms with Gasteiger partial charge < -0.3 is 19.5 Å². The second-order valence-corrected chi connectivity index (χ2v) is 9.79. The fraction of sp³-hybridized carbons (Fsp3) is 0.520. The molecule has 0 unspecified atom stereocenters. The van der Waals surface area contributed by atoms with Crippen molar-refractivity contribution in [1.29, 1.82) is 0 Å². The van der Waals surface area contributed by atoms with Crippen LogP contribution in [0.1, 0.15) is 18.7 Å². The predicted molar refractivity (Wildman–Crippen MR) is 136 cm³/mol. The van der Waals surface area contributed by atoms with Gasteiger partial charge >= 0.3 is 0 Å². The van der Waals surface area contributed by atoms with E-state index in [0.29, 0.717) is 24.6 Å². The van der Waals surface area contributed by atoms with Crippen molar-refractivity contribution in [3.05, 3.63) is 36.4 Å². The van der Waals surface area contributed by atoms with Gasteiger partial charge in [-0.3, -0.25) is 4.90 Å². The standard InChI is InChI=1S/C25H33N9O/c1-17-27-22-5-4-21(29-24(22)33(17)12-13-35-3)20-6-7-34-23(20)16-26-25(30-34)28-18-14-19(15-18)32-10-8-31(2)9-11-32/h4-7,16,18-19H,8-15H2,1-3H3,(H,28,30)/t18-,19+. The number of ether oxygens (including phenoxy) is 1. The zero-order valence-electron chi connectivity index (χ0n) is 20.7. The van der Waals surface area contributed by atoms with Crippen molar-refractivity contribution in [2.75, 3.05) is 52.3 Å². The number of likely N-dealkylation sites (N-methyl/N-ethyl adjacent to an activating group) is 1. The Balaban J connectivity index is 1.17. The molecule has 0 aromatic carbocycles. The molecule has 0 radical (unpaired) electrons. The second-order valence-electron chi connectivity index (χ2n) is 9.79. The fourth-order valence-corrected chi connectivity index (χ4v) is 5.27. The van der Waals surface area contributed by atoms with Crippen LogP contribution < -0.4 is 5.32 Å². The molecule has 0 atom stereocenters. The highest BCUT2D eigenvalue weighted by atomic mass is 16.5. The summed E-state index contributed by atoms with van der Waals surface area (Å²) in [6, 6.07) is 7.22. The number of aromatic nitrogens is 6. The van der Waals surface area contributed by atoms with Gasteiger partial charge in [0.15, 0.2) is 5.65 Å². The van der Waals surface area contributed by atoms with Gasteiger partial charge in [-0.2, -0.15) is 0 Å². The number of fused-ring (bicyclic) bond motifs is 2. The van der Waals surface area contributed by atoms with Crippen molar-refractivity contribution in [2.45, 2.75) is 38.4 Å². The lowest BCUT2D eigenvalue weighted by Crippen LogP contribution is -2.55. The highest BCUT2D eigenvalue weighted by Gasteiger charge is 2.35. The molecule has 6 rings (SSSR count). The molecule has 1 aliphatic heterocycles. The van der Waals surface area contributed by atoms with Crippen LogP contribution in [-0.4, -0.2) is 98.0 Å². The van der Waals surface area contributed by atoms with E-state index in [1.165, 1.54) is 26.2 Å². The Morgan fingerprint density at radius 2 is 1.91 bits per heavy atom. The van der Waals surface area contributed by atoms with Crippen LogP contribution in [0.2, 0.25) is 0 Å². The molecule has 1 N–H and O–H groups in total. The van der Waals surface area contributed by atoms with Crippen LogP contribution in [-0.2, 0) is 11.3 Å². The van der Waals surface area contributed by atoms with Crippen molar-refractivity contribution in [1.82, 2.24) is 38.9 Å². The summed E-state index contributed by atoms with van der Waals surface area (Å²) in [5.74, 6) is 1.62. The Morgan fingerprint density at radius 3 is 2.71 bits per heavy atom. The highest BCUT2D eigenvalue weighted by molar-refractivity contribution is 5.82. The number of nitrogens with one attached hydrogen (secondary N) is 1. The van der Waals surface area contributed by atoms with Crippen molar-refractivity contribution >= 4 is 22.6 Å². The molecule has 5 heterocycles. The van der Waals surface area contributed by atoms with Gasteiger partial charge in [0.2, 0.25) is 5.95 Å². The quantitative estimate of drug-likeness (QED) is 0.436. The number of pyridine rings is 1. The summed E-state index contributed by atoms with van der Waals surface area (Å²) >= 11 is 0. The Bertz CT molecular complexity index is 1330. The van der Waals surface area contributed by atoms with Gasteiger partial charge in [-0.25, -0.2) is 19.5 Å². The minimum Gasteiger partial charge on any atom is -0.383 e. The number of aryl methyl sites for hydroxylation is 1. The van der Waals surface area contributed by atoms with E-state index in [9.17, 15) is 0 Å². The minimum absolute atomic E-state index is 0.437. The smallest absolute Gasteiger partial charge is 0.241 e. The van der Waals surface area contributed by atoms with Crippen LogP contribution in [0.5, 0.6) is 0 Å². The first kappa shape index (κ1) is 22.4. The van der Waals surface area contributed by atoms with Gasteiger partial charge in [-0.15, -0.1) is 5.10 Å². The highest BCUT2D eigenvalue weighted by Crippen LogP contribution is 2.30. The van der Waals surface area contributed by atoms with Gasteiger partial charge in [0.25, 0.3) is 0 Å². The summed E-state index contributed by atoms with van der Waals surface area (Å²) in [6.45, 7) is 8.03. The van der Waals surface area contributed by atoms with Gasteiger partial charge in [0.05, 0.1) is 24.0 Å². The SMILES string of the molecule is COCCn1c(C)nc2ccc(-c3ccn4nc(N[C@H]5C[C@@H](N6CCN(C)CC6)C5)ncc34)nc21. The molecule has 0 amide bonds. The van der Waals surface area contributed by atoms with E-state index in [4.69, 9.17) is 14.8 Å². The number of imidazole rings is 1. The van der Waals surface area contributed by atoms with Gasteiger partial charge in [0, 0.05) is 63.7 Å². The summed E-state index contributed by atoms with van der Waals surface area (Å²) in [7, 11) is 3.91. The minimum atomic E-state index is 0.437. The van der Waals surface area contributed by atoms with Crippen LogP contribution in [0.15, 0.2) is 30.6 Å². The van der Waals surface area contributed by atoms with E-state index in [2.05, 4.69) is 42.8 Å². The first-order valence-corrected chi connectivity index (χ1v) is 12.5. The van der Waals surface area contributed by atoms with Crippen LogP contribution >= 0.6 is 0 Å². The van der Waals surface area contributed by atoms with Crippen molar-refractivity contribution in [3.63, 3.8) is 0 Å². The Kier molecular flexibility index (Phi) is 5.87. The number of hydrogen-bond donors (Lipinski definition) is 1. The van der Waals surface area contributed by atoms with Crippen molar-refractivity contribution in [3.8, 4) is 11.3 Å². The third-order valence-corrected chi connectivity index (χ3v) is 7.50. The zero-order chi connectivity index (χ0) is 23.9. The zero-order valence-corrected chi connectivity index (χ0v) is 20.7. The van der Waals surface area contributed by atoms with Gasteiger partial charge in [-0.05, 0) is 45.0 Å². The van der Waals surface area contributed by atoms with E-state index in [0.717, 1.165) is 53.1 Å². The van der Waals surface area contributed by atoms with Gasteiger partial charge in [-0.1, -0.05) is 0 Å². The first-order valence-electron chi connectivity index (χ1n) is 12.5. The van der Waals surface area contributed by atoms with E-state index in [1.54, 1.807) is 7.11 Å². The molecule has 1 saturated carbocycles. The number of methoxy groups -OCH3 is 1. The maximum atomic E-state index is 5.26. The summed E-state index contributed by atoms with van der Waals surface area (Å²) in [4.78, 5) is 19.3. The summed E-state index contributed by atoms with van der Waals surface area (Å²) in [6.07, 6.45) is 6.18. The largest absolute Gasteiger partial charge is 0.383 e. The molecule has 184 valence electrons. The molecule has 4 aromatic heterocycles. The molecular weight excluding hydrogens is 442 g/mol. The molecule has 10 nitrogen and oxygen atoms in total. The topological polar surface area (TPSA) is 88.6 Å². The lowest BCUT2D eigenvalue weighted by Gasteiger charge is -2.46. The third-order valence-electron chi connectivity index (χ3n) is 7.50. The number of hydrogen-bond acceptors (Lipinski definition) is 8. The number of nitrogens with zero attached hydrogens (tertiary/aromatic N) is 8. The number of piperazine rings is 1. The fourth-order valence-electron chi connectivity index (χ4n) is 5.27. The average molecular weight is 476 g/mol. The van der Waals surface area contributed by atoms with Crippen molar-refractivity contribution < 1.29 is 4.74 Å². The lowest BCUT2D eigenvalue weighted by molar-refractivity contribution is 0.0656. The Labute approximate surface area is 204 Å². The van der Waals surface area contributed by atoms with Crippen LogP contribution in [0.4, 0.5) is 5.95 Å². The average Bonchev–Trinajstić information content (AvgIpc) is 3.40. The van der Waals surface area contributed by atoms with E-state index in [-0.39, 0.29) is 0 Å². The van der Waals surface area contributed by atoms with Crippen LogP contribution in [0.25, 0.3) is 27.9 Å². The van der Waals surface area contributed by atoms with Crippen LogP contribution in [0.3, 0.4) is 0 Å². The third kappa shape index (κ3) is 4.26. The number of anilines is 1. The van der Waals surface area contributed by atoms with E-state index < -0.39 is 0 Å². The molecule has 2 fully saturated rings. The maximum Gasteiger partial charge on any atom is 0.241 e. The molecule has 4 aromatic rings. The van der Waals surface area contributed by atoms with Crippen molar-refractivity contribution in [2.24, 2.45) is 0 Å². The number of rotatable bonds is 7. The first-order chi connectivity index (χ1) is 17.1. The molecule has 0 bridgehead atoms. The Hall–Kier alpha value is -3.08. The second kappa shape index (κ2) is 9.18. The molecule has 10 heteroatoms. The van der Waals surface area contributed by atoms with E-state index >= 15 is 0 Å². The predicted octanol–water partition coefficient (Wildman–Crippen LogP) is 2.29. The van der Waals surface area contributed by atoms with E-state index in [1.807, 2.05) is 36.0 Å². The summed E-state index contributed by atoms with van der Waals surface area (Å²) in [5, 5.41) is 8.26. The molecule has 2 aliphatic rings. The lowest BCUT2D eigenvalue weighted by atomic mass is 9.85. The molecule has 35 heavy (non-hydrogen) atoms. The molecule has 1 aliphatic carbocycles.